The largest absolute Gasteiger partial charge is 0.352 e. The van der Waals surface area contributed by atoms with Gasteiger partial charge in [0.2, 0.25) is 10.0 Å². The van der Waals surface area contributed by atoms with E-state index < -0.39 is 10.0 Å². The number of rotatable bonds is 9. The second-order valence-corrected chi connectivity index (χ2v) is 7.85. The van der Waals surface area contributed by atoms with Crippen LogP contribution >= 0.6 is 11.6 Å². The zero-order valence-electron chi connectivity index (χ0n) is 13.9. The number of sulfonamides is 1. The first kappa shape index (κ1) is 19.8. The summed E-state index contributed by atoms with van der Waals surface area (Å²) in [4.78, 5) is 12.2. The average molecular weight is 361 g/mol. The van der Waals surface area contributed by atoms with Gasteiger partial charge >= 0.3 is 0 Å². The number of benzene rings is 1. The molecule has 1 atom stereocenters. The highest BCUT2D eigenvalue weighted by atomic mass is 35.5. The fourth-order valence-electron chi connectivity index (χ4n) is 2.25. The van der Waals surface area contributed by atoms with Crippen molar-refractivity contribution < 1.29 is 13.2 Å². The number of anilines is 1. The first-order valence-corrected chi connectivity index (χ1v) is 10.1. The normalized spacial score (nSPS) is 12.7. The lowest BCUT2D eigenvalue weighted by molar-refractivity contribution is 0.0946. The van der Waals surface area contributed by atoms with Crippen LogP contribution in [0.25, 0.3) is 0 Å². The molecule has 0 saturated carbocycles. The molecule has 2 N–H and O–H groups in total. The quantitative estimate of drug-likeness (QED) is 0.705. The Morgan fingerprint density at radius 2 is 2.00 bits per heavy atom. The van der Waals surface area contributed by atoms with Crippen LogP contribution in [0.15, 0.2) is 18.2 Å². The van der Waals surface area contributed by atoms with Gasteiger partial charge < -0.3 is 5.32 Å². The number of nitrogens with one attached hydrogen (secondary N) is 2. The molecule has 0 saturated heterocycles. The Morgan fingerprint density at radius 1 is 1.30 bits per heavy atom. The zero-order chi connectivity index (χ0) is 17.5. The Kier molecular flexibility index (Phi) is 7.85. The van der Waals surface area contributed by atoms with E-state index in [4.69, 9.17) is 11.6 Å². The van der Waals surface area contributed by atoms with Gasteiger partial charge in [-0.1, -0.05) is 44.7 Å². The third kappa shape index (κ3) is 7.22. The number of halogens is 1. The molecule has 0 bridgehead atoms. The summed E-state index contributed by atoms with van der Waals surface area (Å²) in [7, 11) is -3.37. The van der Waals surface area contributed by atoms with Gasteiger partial charge in [-0.05, 0) is 30.5 Å². The van der Waals surface area contributed by atoms with Crippen LogP contribution in [0.1, 0.15) is 49.9 Å². The monoisotopic (exact) mass is 360 g/mol. The van der Waals surface area contributed by atoms with Crippen molar-refractivity contribution in [2.45, 2.75) is 39.5 Å². The number of carbonyl (C=O) groups is 1. The Bertz CT molecular complexity index is 632. The van der Waals surface area contributed by atoms with Gasteiger partial charge in [0.25, 0.3) is 5.91 Å². The van der Waals surface area contributed by atoms with Gasteiger partial charge in [0.05, 0.1) is 16.8 Å². The Hall–Kier alpha value is -1.27. The molecular weight excluding hydrogens is 336 g/mol. The highest BCUT2D eigenvalue weighted by Gasteiger charge is 2.14. The minimum Gasteiger partial charge on any atom is -0.352 e. The van der Waals surface area contributed by atoms with E-state index in [9.17, 15) is 13.2 Å². The molecule has 1 amide bonds. The maximum Gasteiger partial charge on any atom is 0.252 e. The van der Waals surface area contributed by atoms with Crippen molar-refractivity contribution in [1.29, 1.82) is 0 Å². The first-order valence-electron chi connectivity index (χ1n) is 7.82. The molecule has 1 aromatic rings. The molecule has 7 heteroatoms. The molecule has 1 rings (SSSR count). The minimum atomic E-state index is -3.37. The van der Waals surface area contributed by atoms with E-state index in [2.05, 4.69) is 23.9 Å². The van der Waals surface area contributed by atoms with E-state index in [1.54, 1.807) is 0 Å². The Balaban J connectivity index is 2.69. The average Bonchev–Trinajstić information content (AvgIpc) is 2.45. The smallest absolute Gasteiger partial charge is 0.252 e. The van der Waals surface area contributed by atoms with Crippen LogP contribution in [0.3, 0.4) is 0 Å². The van der Waals surface area contributed by atoms with Crippen LogP contribution in [0.2, 0.25) is 5.02 Å². The summed E-state index contributed by atoms with van der Waals surface area (Å²) < 4.78 is 24.7. The van der Waals surface area contributed by atoms with E-state index in [0.717, 1.165) is 31.9 Å². The van der Waals surface area contributed by atoms with Crippen molar-refractivity contribution in [2.24, 2.45) is 5.92 Å². The van der Waals surface area contributed by atoms with E-state index in [-0.39, 0.29) is 10.9 Å². The van der Waals surface area contributed by atoms with Crippen LogP contribution in [-0.2, 0) is 10.0 Å². The van der Waals surface area contributed by atoms with Crippen LogP contribution in [0.5, 0.6) is 0 Å². The fraction of sp³-hybridized carbons (Fsp3) is 0.562. The molecular formula is C16H25ClN2O3S. The highest BCUT2D eigenvalue weighted by Crippen LogP contribution is 2.22. The first-order chi connectivity index (χ1) is 10.8. The van der Waals surface area contributed by atoms with Crippen LogP contribution in [-0.4, -0.2) is 27.1 Å². The van der Waals surface area contributed by atoms with Gasteiger partial charge in [0.1, 0.15) is 0 Å². The van der Waals surface area contributed by atoms with Crippen molar-refractivity contribution in [3.63, 3.8) is 0 Å². The summed E-state index contributed by atoms with van der Waals surface area (Å²) in [6, 6.07) is 4.49. The second kappa shape index (κ2) is 9.13. The predicted molar refractivity (Wildman–Crippen MR) is 95.6 cm³/mol. The van der Waals surface area contributed by atoms with Gasteiger partial charge in [0.15, 0.2) is 0 Å². The molecule has 0 heterocycles. The van der Waals surface area contributed by atoms with Crippen LogP contribution in [0.4, 0.5) is 5.69 Å². The van der Waals surface area contributed by atoms with Gasteiger partial charge in [0, 0.05) is 12.2 Å². The number of unbranched alkanes of at least 4 members (excludes halogenated alkanes) is 1. The maximum absolute atomic E-state index is 12.2. The molecule has 0 radical (unpaired) electrons. The Morgan fingerprint density at radius 3 is 2.52 bits per heavy atom. The van der Waals surface area contributed by atoms with E-state index in [0.29, 0.717) is 23.7 Å². The van der Waals surface area contributed by atoms with E-state index in [1.165, 1.54) is 18.2 Å². The summed E-state index contributed by atoms with van der Waals surface area (Å²) in [5, 5.41) is 3.13. The molecule has 0 aromatic heterocycles. The molecule has 0 spiro atoms. The summed E-state index contributed by atoms with van der Waals surface area (Å²) >= 11 is 6.09. The molecule has 23 heavy (non-hydrogen) atoms. The van der Waals surface area contributed by atoms with Gasteiger partial charge in [-0.15, -0.1) is 0 Å². The third-order valence-corrected chi connectivity index (χ3v) is 4.53. The lowest BCUT2D eigenvalue weighted by atomic mass is 9.99. The number of hydrogen-bond acceptors (Lipinski definition) is 3. The highest BCUT2D eigenvalue weighted by molar-refractivity contribution is 7.92. The van der Waals surface area contributed by atoms with Gasteiger partial charge in [-0.3, -0.25) is 9.52 Å². The predicted octanol–water partition coefficient (Wildman–Crippen LogP) is 3.66. The topological polar surface area (TPSA) is 75.3 Å². The molecule has 1 aromatic carbocycles. The summed E-state index contributed by atoms with van der Waals surface area (Å²) in [5.41, 5.74) is 0.680. The Labute approximate surface area is 143 Å². The lowest BCUT2D eigenvalue weighted by Gasteiger charge is -2.16. The summed E-state index contributed by atoms with van der Waals surface area (Å²) in [6.07, 6.45) is 5.47. The fourth-order valence-corrected chi connectivity index (χ4v) is 3.07. The molecule has 0 aliphatic heterocycles. The van der Waals surface area contributed by atoms with Crippen LogP contribution < -0.4 is 10.0 Å². The molecule has 130 valence electrons. The van der Waals surface area contributed by atoms with Crippen molar-refractivity contribution in [1.82, 2.24) is 5.32 Å². The molecule has 5 nitrogen and oxygen atoms in total. The van der Waals surface area contributed by atoms with Gasteiger partial charge in [-0.2, -0.15) is 0 Å². The number of hydrogen-bond donors (Lipinski definition) is 2. The van der Waals surface area contributed by atoms with Crippen molar-refractivity contribution >= 4 is 33.2 Å². The molecule has 0 aliphatic rings. The van der Waals surface area contributed by atoms with Crippen LogP contribution in [0, 0.1) is 5.92 Å². The zero-order valence-corrected chi connectivity index (χ0v) is 15.4. The third-order valence-electron chi connectivity index (χ3n) is 3.61. The van der Waals surface area contributed by atoms with Crippen molar-refractivity contribution in [3.8, 4) is 0 Å². The van der Waals surface area contributed by atoms with E-state index >= 15 is 0 Å². The maximum atomic E-state index is 12.2. The van der Waals surface area contributed by atoms with E-state index in [1.807, 2.05) is 0 Å². The summed E-state index contributed by atoms with van der Waals surface area (Å²) in [6.45, 7) is 4.89. The van der Waals surface area contributed by atoms with Gasteiger partial charge in [-0.25, -0.2) is 8.42 Å². The lowest BCUT2D eigenvalue weighted by Crippen LogP contribution is -2.29. The molecule has 0 aliphatic carbocycles. The molecule has 0 unspecified atom stereocenters. The number of amides is 1. The standard InChI is InChI=1S/C16H25ClN2O3S/c1-4-6-7-12(5-2)11-18-16(20)14-9-8-13(10-15(14)17)19-23(3,21)22/h8-10,12,19H,4-7,11H2,1-3H3,(H,18,20)/t12-/m1/s1. The second-order valence-electron chi connectivity index (χ2n) is 5.70. The summed E-state index contributed by atoms with van der Waals surface area (Å²) in [5.74, 6) is 0.222. The van der Waals surface area contributed by atoms with Crippen molar-refractivity contribution in [3.05, 3.63) is 28.8 Å². The number of carbonyl (C=O) groups excluding carboxylic acids is 1. The van der Waals surface area contributed by atoms with Crippen molar-refractivity contribution in [2.75, 3.05) is 17.5 Å². The SMILES string of the molecule is CCCC[C@@H](CC)CNC(=O)c1ccc(NS(C)(=O)=O)cc1Cl. The minimum absolute atomic E-state index is 0.220. The molecule has 0 fully saturated rings.